The second-order valence-corrected chi connectivity index (χ2v) is 4.42. The van der Waals surface area contributed by atoms with Crippen LogP contribution in [0.25, 0.3) is 6.08 Å². The number of Topliss-reactive ketones (excluding diaryl/α,β-unsaturated/α-hetero) is 1. The number of carbonyl (C=O) groups excluding carboxylic acids is 2. The fourth-order valence-electron chi connectivity index (χ4n) is 1.81. The lowest BCUT2D eigenvalue weighted by molar-refractivity contribution is -0.141. The Morgan fingerprint density at radius 1 is 1.19 bits per heavy atom. The minimum atomic E-state index is -0.830. The molecule has 21 heavy (non-hydrogen) atoms. The molecular weight excluding hydrogens is 268 g/mol. The number of ether oxygens (including phenoxy) is 1. The van der Waals surface area contributed by atoms with Gasteiger partial charge < -0.3 is 9.15 Å². The molecule has 4 nitrogen and oxygen atoms in total. The second-order valence-electron chi connectivity index (χ2n) is 4.42. The number of esters is 1. The van der Waals surface area contributed by atoms with Crippen LogP contribution in [0, 0.1) is 0 Å². The number of hydrogen-bond acceptors (Lipinski definition) is 4. The van der Waals surface area contributed by atoms with Crippen molar-refractivity contribution in [1.82, 2.24) is 0 Å². The molecule has 1 aromatic heterocycles. The standard InChI is InChI=1S/C17H16O4/c1-2-14(17(19)15-9-6-12-20-15)21-16(18)11-10-13-7-4-3-5-8-13/h3-12,14H,2H2,1H3. The molecule has 0 radical (unpaired) electrons. The molecule has 0 saturated carbocycles. The van der Waals surface area contributed by atoms with E-state index in [9.17, 15) is 9.59 Å². The van der Waals surface area contributed by atoms with Crippen LogP contribution in [0.4, 0.5) is 0 Å². The summed E-state index contributed by atoms with van der Waals surface area (Å²) < 4.78 is 10.2. The fraction of sp³-hybridized carbons (Fsp3) is 0.176. The van der Waals surface area contributed by atoms with Crippen molar-refractivity contribution in [3.05, 3.63) is 66.1 Å². The van der Waals surface area contributed by atoms with Gasteiger partial charge in [-0.3, -0.25) is 4.79 Å². The minimum Gasteiger partial charge on any atom is -0.461 e. The normalized spacial score (nSPS) is 12.2. The topological polar surface area (TPSA) is 56.5 Å². The first kappa shape index (κ1) is 14.8. The number of carbonyl (C=O) groups is 2. The van der Waals surface area contributed by atoms with Crippen LogP contribution < -0.4 is 0 Å². The Morgan fingerprint density at radius 2 is 1.95 bits per heavy atom. The lowest BCUT2D eigenvalue weighted by atomic mass is 10.1. The molecule has 2 rings (SSSR count). The highest BCUT2D eigenvalue weighted by Gasteiger charge is 2.23. The van der Waals surface area contributed by atoms with Crippen LogP contribution in [0.1, 0.15) is 29.5 Å². The molecule has 1 atom stereocenters. The van der Waals surface area contributed by atoms with Gasteiger partial charge in [0.15, 0.2) is 11.9 Å². The van der Waals surface area contributed by atoms with Gasteiger partial charge in [-0.15, -0.1) is 0 Å². The van der Waals surface area contributed by atoms with Gasteiger partial charge in [0.2, 0.25) is 5.78 Å². The van der Waals surface area contributed by atoms with Crippen LogP contribution in [0.2, 0.25) is 0 Å². The quantitative estimate of drug-likeness (QED) is 0.463. The number of hydrogen-bond donors (Lipinski definition) is 0. The van der Waals surface area contributed by atoms with Crippen LogP contribution in [0.15, 0.2) is 59.2 Å². The first-order chi connectivity index (χ1) is 10.2. The van der Waals surface area contributed by atoms with Gasteiger partial charge in [0.25, 0.3) is 0 Å². The zero-order valence-electron chi connectivity index (χ0n) is 11.7. The van der Waals surface area contributed by atoms with Crippen molar-refractivity contribution < 1.29 is 18.7 Å². The number of benzene rings is 1. The number of ketones is 1. The summed E-state index contributed by atoms with van der Waals surface area (Å²) in [7, 11) is 0. The van der Waals surface area contributed by atoms with Crippen LogP contribution in [0.5, 0.6) is 0 Å². The Kier molecular flexibility index (Phi) is 5.10. The summed E-state index contributed by atoms with van der Waals surface area (Å²) in [5.41, 5.74) is 0.889. The maximum atomic E-state index is 12.1. The summed E-state index contributed by atoms with van der Waals surface area (Å²) in [6.07, 6.45) is 3.94. The molecule has 0 N–H and O–H groups in total. The lowest BCUT2D eigenvalue weighted by Crippen LogP contribution is -2.25. The highest BCUT2D eigenvalue weighted by molar-refractivity contribution is 5.99. The summed E-state index contributed by atoms with van der Waals surface area (Å²) in [5, 5.41) is 0. The molecule has 0 amide bonds. The van der Waals surface area contributed by atoms with Crippen LogP contribution in [-0.2, 0) is 9.53 Å². The second kappa shape index (κ2) is 7.24. The smallest absolute Gasteiger partial charge is 0.331 e. The van der Waals surface area contributed by atoms with E-state index in [0.717, 1.165) is 5.56 Å². The molecule has 0 aliphatic heterocycles. The summed E-state index contributed by atoms with van der Waals surface area (Å²) in [4.78, 5) is 23.8. The molecule has 2 aromatic rings. The molecule has 4 heteroatoms. The van der Waals surface area contributed by atoms with E-state index in [-0.39, 0.29) is 11.5 Å². The third-order valence-electron chi connectivity index (χ3n) is 2.90. The van der Waals surface area contributed by atoms with E-state index in [1.165, 1.54) is 12.3 Å². The molecular formula is C17H16O4. The predicted octanol–water partition coefficient (Wildman–Crippen LogP) is 3.50. The highest BCUT2D eigenvalue weighted by atomic mass is 16.5. The summed E-state index contributed by atoms with van der Waals surface area (Å²) in [6.45, 7) is 1.78. The summed E-state index contributed by atoms with van der Waals surface area (Å²) in [6, 6.07) is 12.6. The van der Waals surface area contributed by atoms with Crippen molar-refractivity contribution in [1.29, 1.82) is 0 Å². The molecule has 0 aliphatic carbocycles. The van der Waals surface area contributed by atoms with E-state index < -0.39 is 12.1 Å². The third kappa shape index (κ3) is 4.18. The molecule has 1 unspecified atom stereocenters. The molecule has 0 spiro atoms. The van der Waals surface area contributed by atoms with E-state index in [0.29, 0.717) is 6.42 Å². The van der Waals surface area contributed by atoms with Crippen LogP contribution in [-0.4, -0.2) is 17.9 Å². The van der Waals surface area contributed by atoms with Gasteiger partial charge in [0.1, 0.15) is 0 Å². The minimum absolute atomic E-state index is 0.196. The highest BCUT2D eigenvalue weighted by Crippen LogP contribution is 2.11. The Balaban J connectivity index is 1.97. The maximum Gasteiger partial charge on any atom is 0.331 e. The Morgan fingerprint density at radius 3 is 2.57 bits per heavy atom. The Bertz CT molecular complexity index is 612. The van der Waals surface area contributed by atoms with Gasteiger partial charge in [0, 0.05) is 6.08 Å². The number of furan rings is 1. The Labute approximate surface area is 123 Å². The molecule has 0 fully saturated rings. The summed E-state index contributed by atoms with van der Waals surface area (Å²) in [5.74, 6) is -0.684. The van der Waals surface area contributed by atoms with E-state index in [4.69, 9.17) is 9.15 Å². The lowest BCUT2D eigenvalue weighted by Gasteiger charge is -2.12. The molecule has 0 saturated heterocycles. The van der Waals surface area contributed by atoms with Crippen molar-refractivity contribution in [2.45, 2.75) is 19.4 Å². The maximum absolute atomic E-state index is 12.1. The predicted molar refractivity (Wildman–Crippen MR) is 78.7 cm³/mol. The van der Waals surface area contributed by atoms with E-state index in [2.05, 4.69) is 0 Å². The molecule has 108 valence electrons. The molecule has 0 bridgehead atoms. The van der Waals surface area contributed by atoms with E-state index >= 15 is 0 Å². The van der Waals surface area contributed by atoms with E-state index in [1.807, 2.05) is 30.3 Å². The van der Waals surface area contributed by atoms with Crippen molar-refractivity contribution in [2.75, 3.05) is 0 Å². The van der Waals surface area contributed by atoms with Crippen LogP contribution >= 0.6 is 0 Å². The van der Waals surface area contributed by atoms with E-state index in [1.54, 1.807) is 25.1 Å². The SMILES string of the molecule is CCC(OC(=O)C=Cc1ccccc1)C(=O)c1ccco1. The van der Waals surface area contributed by atoms with Crippen LogP contribution in [0.3, 0.4) is 0 Å². The van der Waals surface area contributed by atoms with Gasteiger partial charge in [-0.25, -0.2) is 4.79 Å². The zero-order chi connectivity index (χ0) is 15.1. The first-order valence-corrected chi connectivity index (χ1v) is 6.72. The fourth-order valence-corrected chi connectivity index (χ4v) is 1.81. The van der Waals surface area contributed by atoms with Gasteiger partial charge in [-0.2, -0.15) is 0 Å². The molecule has 0 aliphatic rings. The van der Waals surface area contributed by atoms with Gasteiger partial charge in [0.05, 0.1) is 6.26 Å². The van der Waals surface area contributed by atoms with Crippen molar-refractivity contribution in [3.8, 4) is 0 Å². The monoisotopic (exact) mass is 284 g/mol. The Hall–Kier alpha value is -2.62. The van der Waals surface area contributed by atoms with Gasteiger partial charge >= 0.3 is 5.97 Å². The van der Waals surface area contributed by atoms with Gasteiger partial charge in [-0.1, -0.05) is 37.3 Å². The average Bonchev–Trinajstić information content (AvgIpc) is 3.05. The largest absolute Gasteiger partial charge is 0.461 e. The third-order valence-corrected chi connectivity index (χ3v) is 2.90. The van der Waals surface area contributed by atoms with Crippen molar-refractivity contribution in [3.63, 3.8) is 0 Å². The van der Waals surface area contributed by atoms with Crippen molar-refractivity contribution >= 4 is 17.8 Å². The van der Waals surface area contributed by atoms with Crippen molar-refractivity contribution in [2.24, 2.45) is 0 Å². The molecule has 1 aromatic carbocycles. The first-order valence-electron chi connectivity index (χ1n) is 6.72. The number of rotatable bonds is 6. The zero-order valence-corrected chi connectivity index (χ0v) is 11.7. The molecule has 1 heterocycles. The summed E-state index contributed by atoms with van der Waals surface area (Å²) >= 11 is 0. The average molecular weight is 284 g/mol. The van der Waals surface area contributed by atoms with Gasteiger partial charge in [-0.05, 0) is 30.2 Å².